The van der Waals surface area contributed by atoms with Gasteiger partial charge in [0.15, 0.2) is 0 Å². The number of rotatable bonds is 8. The highest BCUT2D eigenvalue weighted by atomic mass is 32.2. The highest BCUT2D eigenvalue weighted by Crippen LogP contribution is 2.29. The quantitative estimate of drug-likeness (QED) is 0.706. The average Bonchev–Trinajstić information content (AvgIpc) is 3.13. The van der Waals surface area contributed by atoms with Crippen LogP contribution >= 0.6 is 11.3 Å². The van der Waals surface area contributed by atoms with Crippen LogP contribution in [0.4, 0.5) is 0 Å². The van der Waals surface area contributed by atoms with Gasteiger partial charge in [-0.05, 0) is 36.6 Å². The second kappa shape index (κ2) is 8.94. The number of sulfonamides is 1. The second-order valence-corrected chi connectivity index (χ2v) is 9.21. The van der Waals surface area contributed by atoms with Crippen molar-refractivity contribution in [2.24, 2.45) is 11.8 Å². The molecule has 0 spiro atoms. The molecular weight excluding hydrogens is 348 g/mol. The Morgan fingerprint density at radius 2 is 2.17 bits per heavy atom. The monoisotopic (exact) mass is 374 g/mol. The summed E-state index contributed by atoms with van der Waals surface area (Å²) in [6.45, 7) is 4.13. The maximum absolute atomic E-state index is 12.5. The van der Waals surface area contributed by atoms with Gasteiger partial charge in [0.25, 0.3) is 10.0 Å². The van der Waals surface area contributed by atoms with Crippen molar-refractivity contribution in [1.82, 2.24) is 9.62 Å². The molecule has 0 unspecified atom stereocenters. The van der Waals surface area contributed by atoms with E-state index in [2.05, 4.69) is 5.32 Å². The molecule has 0 aliphatic carbocycles. The molecule has 1 amide bonds. The van der Waals surface area contributed by atoms with Gasteiger partial charge in [-0.3, -0.25) is 4.79 Å². The van der Waals surface area contributed by atoms with Crippen molar-refractivity contribution >= 4 is 27.3 Å². The average molecular weight is 375 g/mol. The number of methoxy groups -OCH3 is 1. The topological polar surface area (TPSA) is 75.7 Å². The van der Waals surface area contributed by atoms with Crippen molar-refractivity contribution in [2.45, 2.75) is 30.4 Å². The first-order valence-corrected chi connectivity index (χ1v) is 10.6. The molecule has 1 N–H and O–H groups in total. The van der Waals surface area contributed by atoms with Gasteiger partial charge in [0.2, 0.25) is 5.91 Å². The number of hydrogen-bond donors (Lipinski definition) is 1. The zero-order valence-corrected chi connectivity index (χ0v) is 15.9. The Morgan fingerprint density at radius 1 is 1.46 bits per heavy atom. The third kappa shape index (κ3) is 4.78. The van der Waals surface area contributed by atoms with Crippen LogP contribution in [0.25, 0.3) is 0 Å². The molecule has 0 bridgehead atoms. The molecule has 24 heavy (non-hydrogen) atoms. The number of carbonyl (C=O) groups is 1. The number of hydrogen-bond acceptors (Lipinski definition) is 5. The normalized spacial score (nSPS) is 18.4. The number of carbonyl (C=O) groups excluding carboxylic acids is 1. The van der Waals surface area contributed by atoms with Crippen molar-refractivity contribution in [3.63, 3.8) is 0 Å². The predicted molar refractivity (Wildman–Crippen MR) is 94.5 cm³/mol. The molecule has 1 fully saturated rings. The first-order chi connectivity index (χ1) is 11.5. The molecular formula is C16H26N2O4S2. The molecule has 1 atom stereocenters. The van der Waals surface area contributed by atoms with E-state index in [1.807, 2.05) is 6.92 Å². The van der Waals surface area contributed by atoms with Crippen molar-refractivity contribution in [3.8, 4) is 0 Å². The third-order valence-electron chi connectivity index (χ3n) is 4.53. The Bertz CT molecular complexity index is 608. The maximum atomic E-state index is 12.5. The first kappa shape index (κ1) is 19.4. The molecule has 1 aromatic rings. The summed E-state index contributed by atoms with van der Waals surface area (Å²) in [6, 6.07) is 3.39. The maximum Gasteiger partial charge on any atom is 0.252 e. The summed E-state index contributed by atoms with van der Waals surface area (Å²) in [6.07, 6.45) is 2.24. The van der Waals surface area contributed by atoms with E-state index >= 15 is 0 Å². The zero-order chi connectivity index (χ0) is 17.6. The SMILES string of the molecule is COCCCNC(=O)[C@H](C)C1CCN(S(=O)(=O)c2cccs2)CC1. The largest absolute Gasteiger partial charge is 0.385 e. The van der Waals surface area contributed by atoms with Crippen molar-refractivity contribution < 1.29 is 17.9 Å². The number of thiophene rings is 1. The standard InChI is InChI=1S/C16H26N2O4S2/c1-13(16(19)17-8-4-11-22-2)14-6-9-18(10-7-14)24(20,21)15-5-3-12-23-15/h3,5,12-14H,4,6-11H2,1-2H3,(H,17,19)/t13-/m1/s1. The van der Waals surface area contributed by atoms with Gasteiger partial charge in [-0.2, -0.15) is 4.31 Å². The van der Waals surface area contributed by atoms with Gasteiger partial charge < -0.3 is 10.1 Å². The Morgan fingerprint density at radius 3 is 2.75 bits per heavy atom. The second-order valence-electron chi connectivity index (χ2n) is 6.10. The van der Waals surface area contributed by atoms with Crippen LogP contribution in [0, 0.1) is 11.8 Å². The fourth-order valence-corrected chi connectivity index (χ4v) is 5.57. The number of nitrogens with one attached hydrogen (secondary N) is 1. The van der Waals surface area contributed by atoms with Gasteiger partial charge in [0, 0.05) is 39.3 Å². The molecule has 0 aromatic carbocycles. The molecule has 0 saturated carbocycles. The lowest BCUT2D eigenvalue weighted by Gasteiger charge is -2.33. The molecule has 1 aromatic heterocycles. The van der Waals surface area contributed by atoms with Crippen molar-refractivity contribution in [3.05, 3.63) is 17.5 Å². The van der Waals surface area contributed by atoms with Crippen molar-refractivity contribution in [1.29, 1.82) is 0 Å². The zero-order valence-electron chi connectivity index (χ0n) is 14.2. The van der Waals surface area contributed by atoms with E-state index in [0.717, 1.165) is 19.3 Å². The molecule has 2 heterocycles. The third-order valence-corrected chi connectivity index (χ3v) is 7.80. The predicted octanol–water partition coefficient (Wildman–Crippen LogP) is 1.94. The lowest BCUT2D eigenvalue weighted by molar-refractivity contribution is -0.126. The summed E-state index contributed by atoms with van der Waals surface area (Å²) in [5, 5.41) is 4.70. The molecule has 1 saturated heterocycles. The van der Waals surface area contributed by atoms with Crippen LogP contribution in [0.1, 0.15) is 26.2 Å². The smallest absolute Gasteiger partial charge is 0.252 e. The molecule has 6 nitrogen and oxygen atoms in total. The Hall–Kier alpha value is -0.960. The van der Waals surface area contributed by atoms with E-state index < -0.39 is 10.0 Å². The van der Waals surface area contributed by atoms with Crippen LogP contribution in [0.5, 0.6) is 0 Å². The van der Waals surface area contributed by atoms with Gasteiger partial charge in [-0.25, -0.2) is 8.42 Å². The molecule has 1 aliphatic heterocycles. The summed E-state index contributed by atoms with van der Waals surface area (Å²) in [4.78, 5) is 12.2. The van der Waals surface area contributed by atoms with E-state index in [1.54, 1.807) is 28.9 Å². The van der Waals surface area contributed by atoms with Gasteiger partial charge in [-0.15, -0.1) is 11.3 Å². The molecule has 1 aliphatic rings. The van der Waals surface area contributed by atoms with E-state index in [0.29, 0.717) is 30.5 Å². The van der Waals surface area contributed by atoms with E-state index in [4.69, 9.17) is 4.74 Å². The minimum Gasteiger partial charge on any atom is -0.385 e. The lowest BCUT2D eigenvalue weighted by Crippen LogP contribution is -2.42. The summed E-state index contributed by atoms with van der Waals surface area (Å²) in [5.41, 5.74) is 0. The summed E-state index contributed by atoms with van der Waals surface area (Å²) >= 11 is 1.24. The lowest BCUT2D eigenvalue weighted by atomic mass is 9.85. The van der Waals surface area contributed by atoms with Crippen LogP contribution in [-0.4, -0.2) is 52.0 Å². The minimum absolute atomic E-state index is 0.0469. The Kier molecular flexibility index (Phi) is 7.21. The summed E-state index contributed by atoms with van der Waals surface area (Å²) in [7, 11) is -1.73. The Balaban J connectivity index is 1.82. The molecule has 2 rings (SSSR count). The number of amides is 1. The number of ether oxygens (including phenoxy) is 1. The minimum atomic E-state index is -3.37. The van der Waals surface area contributed by atoms with Crippen LogP contribution in [-0.2, 0) is 19.6 Å². The molecule has 136 valence electrons. The van der Waals surface area contributed by atoms with Crippen molar-refractivity contribution in [2.75, 3.05) is 33.4 Å². The van der Waals surface area contributed by atoms with E-state index in [9.17, 15) is 13.2 Å². The first-order valence-electron chi connectivity index (χ1n) is 8.27. The highest BCUT2D eigenvalue weighted by Gasteiger charge is 2.33. The number of piperidine rings is 1. The van der Waals surface area contributed by atoms with E-state index in [1.165, 1.54) is 11.3 Å². The summed E-state index contributed by atoms with van der Waals surface area (Å²) < 4.78 is 31.9. The van der Waals surface area contributed by atoms with Crippen LogP contribution in [0.15, 0.2) is 21.7 Å². The van der Waals surface area contributed by atoms with Crippen LogP contribution in [0.2, 0.25) is 0 Å². The van der Waals surface area contributed by atoms with Gasteiger partial charge in [0.1, 0.15) is 4.21 Å². The highest BCUT2D eigenvalue weighted by molar-refractivity contribution is 7.91. The fraction of sp³-hybridized carbons (Fsp3) is 0.688. The van der Waals surface area contributed by atoms with Gasteiger partial charge in [-0.1, -0.05) is 13.0 Å². The van der Waals surface area contributed by atoms with Gasteiger partial charge >= 0.3 is 0 Å². The molecule has 8 heteroatoms. The van der Waals surface area contributed by atoms with Gasteiger partial charge in [0.05, 0.1) is 0 Å². The summed E-state index contributed by atoms with van der Waals surface area (Å²) in [5.74, 6) is 0.173. The van der Waals surface area contributed by atoms with Crippen LogP contribution in [0.3, 0.4) is 0 Å². The fourth-order valence-electron chi connectivity index (χ4n) is 2.96. The Labute approximate surface area is 148 Å². The van der Waals surface area contributed by atoms with Crippen LogP contribution < -0.4 is 5.32 Å². The molecule has 0 radical (unpaired) electrons. The number of nitrogens with zero attached hydrogens (tertiary/aromatic N) is 1. The van der Waals surface area contributed by atoms with E-state index in [-0.39, 0.29) is 17.7 Å².